The van der Waals surface area contributed by atoms with Crippen LogP contribution in [0.4, 0.5) is 0 Å². The van der Waals surface area contributed by atoms with Crippen molar-refractivity contribution in [3.63, 3.8) is 0 Å². The SMILES string of the molecule is CC=CC[C@@]1(C)OC(c2c(C)cc3c(c2O)C(=O)c2c(O)cccc2C3=O)=CC1=O. The van der Waals surface area contributed by atoms with Gasteiger partial charge in [0, 0.05) is 23.6 Å². The summed E-state index contributed by atoms with van der Waals surface area (Å²) >= 11 is 0. The molecule has 0 bridgehead atoms. The second-order valence-electron chi connectivity index (χ2n) is 7.68. The van der Waals surface area contributed by atoms with E-state index in [0.717, 1.165) is 0 Å². The number of benzene rings is 2. The minimum absolute atomic E-state index is 0.0541. The topological polar surface area (TPSA) is 101 Å². The zero-order valence-electron chi connectivity index (χ0n) is 16.8. The molecule has 2 N–H and O–H groups in total. The maximum Gasteiger partial charge on any atom is 0.202 e. The molecule has 6 nitrogen and oxygen atoms in total. The summed E-state index contributed by atoms with van der Waals surface area (Å²) in [6.07, 6.45) is 5.29. The number of phenolic OH excluding ortho intramolecular Hbond substituents is 2. The Labute approximate surface area is 173 Å². The van der Waals surface area contributed by atoms with Crippen LogP contribution in [0.3, 0.4) is 0 Å². The van der Waals surface area contributed by atoms with Crippen LogP contribution < -0.4 is 0 Å². The molecule has 1 heterocycles. The molecule has 0 unspecified atom stereocenters. The Hall–Kier alpha value is -3.67. The molecule has 2 aromatic carbocycles. The van der Waals surface area contributed by atoms with Gasteiger partial charge < -0.3 is 14.9 Å². The summed E-state index contributed by atoms with van der Waals surface area (Å²) in [7, 11) is 0. The third kappa shape index (κ3) is 2.68. The third-order valence-electron chi connectivity index (χ3n) is 5.59. The van der Waals surface area contributed by atoms with Crippen LogP contribution >= 0.6 is 0 Å². The number of hydrogen-bond donors (Lipinski definition) is 2. The molecule has 30 heavy (non-hydrogen) atoms. The number of allylic oxidation sites excluding steroid dienone is 1. The van der Waals surface area contributed by atoms with Crippen LogP contribution in [0.25, 0.3) is 5.76 Å². The van der Waals surface area contributed by atoms with Gasteiger partial charge >= 0.3 is 0 Å². The molecule has 0 saturated carbocycles. The molecule has 4 rings (SSSR count). The summed E-state index contributed by atoms with van der Waals surface area (Å²) < 4.78 is 5.91. The Morgan fingerprint density at radius 2 is 1.77 bits per heavy atom. The first kappa shape index (κ1) is 19.6. The van der Waals surface area contributed by atoms with Crippen molar-refractivity contribution >= 4 is 23.1 Å². The number of rotatable bonds is 3. The monoisotopic (exact) mass is 404 g/mol. The van der Waals surface area contributed by atoms with E-state index in [1.54, 1.807) is 13.8 Å². The molecule has 0 saturated heterocycles. The van der Waals surface area contributed by atoms with E-state index in [0.29, 0.717) is 12.0 Å². The Bertz CT molecular complexity index is 1200. The lowest BCUT2D eigenvalue weighted by atomic mass is 9.81. The van der Waals surface area contributed by atoms with Crippen LogP contribution in [0, 0.1) is 6.92 Å². The lowest BCUT2D eigenvalue weighted by molar-refractivity contribution is -0.126. The molecule has 0 spiro atoms. The first-order chi connectivity index (χ1) is 14.2. The van der Waals surface area contributed by atoms with Crippen molar-refractivity contribution in [2.45, 2.75) is 32.8 Å². The van der Waals surface area contributed by atoms with Crippen LogP contribution in [0.1, 0.15) is 63.2 Å². The molecule has 2 aliphatic rings. The smallest absolute Gasteiger partial charge is 0.202 e. The van der Waals surface area contributed by atoms with Crippen molar-refractivity contribution < 1.29 is 29.3 Å². The second-order valence-corrected chi connectivity index (χ2v) is 7.68. The van der Waals surface area contributed by atoms with E-state index in [-0.39, 0.29) is 45.1 Å². The molecule has 0 amide bonds. The summed E-state index contributed by atoms with van der Waals surface area (Å²) in [6, 6.07) is 5.77. The summed E-state index contributed by atoms with van der Waals surface area (Å²) in [6.45, 7) is 5.17. The summed E-state index contributed by atoms with van der Waals surface area (Å²) in [5.41, 5.74) is -0.634. The molecule has 1 aliphatic heterocycles. The average molecular weight is 404 g/mol. The Morgan fingerprint density at radius 3 is 2.47 bits per heavy atom. The molecule has 1 atom stereocenters. The van der Waals surface area contributed by atoms with Crippen molar-refractivity contribution in [1.29, 1.82) is 0 Å². The first-order valence-corrected chi connectivity index (χ1v) is 9.54. The molecule has 6 heteroatoms. The average Bonchev–Trinajstić information content (AvgIpc) is 2.98. The first-order valence-electron chi connectivity index (χ1n) is 9.54. The van der Waals surface area contributed by atoms with Crippen LogP contribution in [-0.2, 0) is 9.53 Å². The Morgan fingerprint density at radius 1 is 1.03 bits per heavy atom. The maximum atomic E-state index is 13.1. The van der Waals surface area contributed by atoms with E-state index in [9.17, 15) is 24.6 Å². The molecule has 2 aromatic rings. The van der Waals surface area contributed by atoms with Gasteiger partial charge in [0.05, 0.1) is 16.7 Å². The quantitative estimate of drug-likeness (QED) is 0.643. The van der Waals surface area contributed by atoms with Gasteiger partial charge in [-0.1, -0.05) is 24.3 Å². The number of phenols is 2. The van der Waals surface area contributed by atoms with Crippen LogP contribution in [0.2, 0.25) is 0 Å². The molecular weight excluding hydrogens is 384 g/mol. The fourth-order valence-corrected chi connectivity index (χ4v) is 3.96. The summed E-state index contributed by atoms with van der Waals surface area (Å²) in [5, 5.41) is 21.2. The fraction of sp³-hybridized carbons (Fsp3) is 0.208. The van der Waals surface area contributed by atoms with Gasteiger partial charge in [-0.2, -0.15) is 0 Å². The Balaban J connectivity index is 1.87. The van der Waals surface area contributed by atoms with Gasteiger partial charge in [-0.05, 0) is 38.5 Å². The number of carbonyl (C=O) groups is 3. The standard InChI is InChI=1S/C24H20O6/c1-4-5-9-24(3)17(26)11-16(30-24)18-12(2)10-14-20(22(18)28)23(29)19-13(21(14)27)7-6-8-15(19)25/h4-8,10-11,25,28H,9H2,1-3H3/t24-/m1/s1. The second kappa shape index (κ2) is 6.69. The molecule has 152 valence electrons. The lowest BCUT2D eigenvalue weighted by Gasteiger charge is -2.25. The molecule has 0 fully saturated rings. The van der Waals surface area contributed by atoms with Gasteiger partial charge in [0.1, 0.15) is 17.3 Å². The molecule has 0 radical (unpaired) electrons. The number of aromatic hydroxyl groups is 2. The number of ether oxygens (including phenoxy) is 1. The van der Waals surface area contributed by atoms with Gasteiger partial charge in [-0.15, -0.1) is 0 Å². The number of fused-ring (bicyclic) bond motifs is 2. The van der Waals surface area contributed by atoms with Crippen LogP contribution in [0.5, 0.6) is 11.5 Å². The molecule has 1 aliphatic carbocycles. The Kier molecular flexibility index (Phi) is 4.38. The zero-order chi connectivity index (χ0) is 21.8. The number of ketones is 3. The van der Waals surface area contributed by atoms with Gasteiger partial charge in [0.25, 0.3) is 0 Å². The summed E-state index contributed by atoms with van der Waals surface area (Å²) in [4.78, 5) is 38.6. The van der Waals surface area contributed by atoms with Crippen molar-refractivity contribution in [2.75, 3.05) is 0 Å². The van der Waals surface area contributed by atoms with Crippen molar-refractivity contribution in [3.8, 4) is 11.5 Å². The van der Waals surface area contributed by atoms with E-state index in [1.807, 2.05) is 19.1 Å². The minimum atomic E-state index is -1.11. The van der Waals surface area contributed by atoms with E-state index in [1.165, 1.54) is 30.3 Å². The highest BCUT2D eigenvalue weighted by Crippen LogP contribution is 2.44. The lowest BCUT2D eigenvalue weighted by Crippen LogP contribution is -2.31. The van der Waals surface area contributed by atoms with Gasteiger partial charge in [0.2, 0.25) is 11.6 Å². The van der Waals surface area contributed by atoms with Crippen molar-refractivity contribution in [1.82, 2.24) is 0 Å². The van der Waals surface area contributed by atoms with E-state index in [4.69, 9.17) is 4.74 Å². The predicted molar refractivity (Wildman–Crippen MR) is 110 cm³/mol. The predicted octanol–water partition coefficient (Wildman–Crippen LogP) is 3.85. The van der Waals surface area contributed by atoms with Crippen molar-refractivity contribution in [2.24, 2.45) is 0 Å². The van der Waals surface area contributed by atoms with Gasteiger partial charge in [-0.3, -0.25) is 14.4 Å². The van der Waals surface area contributed by atoms with E-state index < -0.39 is 22.9 Å². The maximum absolute atomic E-state index is 13.1. The van der Waals surface area contributed by atoms with Crippen LogP contribution in [-0.4, -0.2) is 33.2 Å². The van der Waals surface area contributed by atoms with E-state index >= 15 is 0 Å². The zero-order valence-corrected chi connectivity index (χ0v) is 16.8. The minimum Gasteiger partial charge on any atom is -0.507 e. The van der Waals surface area contributed by atoms with E-state index in [2.05, 4.69) is 0 Å². The van der Waals surface area contributed by atoms with Crippen LogP contribution in [0.15, 0.2) is 42.5 Å². The van der Waals surface area contributed by atoms with Gasteiger partial charge in [-0.25, -0.2) is 0 Å². The normalized spacial score (nSPS) is 20.2. The highest BCUT2D eigenvalue weighted by Gasteiger charge is 2.42. The highest BCUT2D eigenvalue weighted by atomic mass is 16.5. The number of carbonyl (C=O) groups excluding carboxylic acids is 3. The number of aryl methyl sites for hydroxylation is 1. The molecule has 0 aromatic heterocycles. The largest absolute Gasteiger partial charge is 0.507 e. The summed E-state index contributed by atoms with van der Waals surface area (Å²) in [5.74, 6) is -1.99. The number of hydrogen-bond acceptors (Lipinski definition) is 6. The third-order valence-corrected chi connectivity index (χ3v) is 5.59. The highest BCUT2D eigenvalue weighted by molar-refractivity contribution is 6.30. The van der Waals surface area contributed by atoms with Crippen molar-refractivity contribution in [3.05, 3.63) is 75.9 Å². The fourth-order valence-electron chi connectivity index (χ4n) is 3.96. The molecular formula is C24H20O6. The van der Waals surface area contributed by atoms with Gasteiger partial charge in [0.15, 0.2) is 11.4 Å².